The molecule has 1 aromatic rings. The molecule has 0 aromatic heterocycles. The van der Waals surface area contributed by atoms with Gasteiger partial charge < -0.3 is 20.1 Å². The van der Waals surface area contributed by atoms with Gasteiger partial charge in [0.2, 0.25) is 5.91 Å². The van der Waals surface area contributed by atoms with Crippen molar-refractivity contribution in [3.05, 3.63) is 35.9 Å². The number of amides is 1. The van der Waals surface area contributed by atoms with Crippen molar-refractivity contribution in [2.75, 3.05) is 26.3 Å². The highest BCUT2D eigenvalue weighted by molar-refractivity contribution is 5.76. The van der Waals surface area contributed by atoms with Gasteiger partial charge in [-0.05, 0) is 37.7 Å². The maximum absolute atomic E-state index is 12.4. The van der Waals surface area contributed by atoms with Gasteiger partial charge in [0.1, 0.15) is 0 Å². The summed E-state index contributed by atoms with van der Waals surface area (Å²) < 4.78 is 11.6. The van der Waals surface area contributed by atoms with Crippen LogP contribution in [-0.4, -0.2) is 49.3 Å². The van der Waals surface area contributed by atoms with Crippen LogP contribution in [0.4, 0.5) is 0 Å². The minimum absolute atomic E-state index is 0.0699. The van der Waals surface area contributed by atoms with E-state index in [1.807, 2.05) is 35.2 Å². The second-order valence-electron chi connectivity index (χ2n) is 7.08. The zero-order chi connectivity index (χ0) is 17.5. The third-order valence-corrected chi connectivity index (χ3v) is 5.24. The molecule has 2 fully saturated rings. The molecule has 2 heterocycles. The van der Waals surface area contributed by atoms with E-state index in [2.05, 4.69) is 0 Å². The molecule has 3 rings (SSSR count). The minimum Gasteiger partial charge on any atom is -0.381 e. The lowest BCUT2D eigenvalue weighted by molar-refractivity contribution is -0.136. The molecule has 5 heteroatoms. The average molecular weight is 346 g/mol. The third kappa shape index (κ3) is 5.53. The Morgan fingerprint density at radius 2 is 1.76 bits per heavy atom. The number of likely N-dealkylation sites (tertiary alicyclic amines) is 1. The van der Waals surface area contributed by atoms with E-state index >= 15 is 0 Å². The van der Waals surface area contributed by atoms with Crippen LogP contribution in [0.3, 0.4) is 0 Å². The zero-order valence-corrected chi connectivity index (χ0v) is 14.9. The Labute approximate surface area is 150 Å². The first kappa shape index (κ1) is 18.4. The normalized spacial score (nSPS) is 21.2. The van der Waals surface area contributed by atoms with Gasteiger partial charge in [0.05, 0.1) is 12.2 Å². The summed E-state index contributed by atoms with van der Waals surface area (Å²) in [7, 11) is 0. The molecule has 1 aromatic carbocycles. The van der Waals surface area contributed by atoms with Crippen LogP contribution in [0.2, 0.25) is 0 Å². The molecule has 1 amide bonds. The molecule has 0 unspecified atom stereocenters. The second-order valence-corrected chi connectivity index (χ2v) is 7.08. The summed E-state index contributed by atoms with van der Waals surface area (Å²) >= 11 is 0. The molecule has 0 bridgehead atoms. The van der Waals surface area contributed by atoms with E-state index < -0.39 is 0 Å². The Morgan fingerprint density at radius 1 is 1.12 bits per heavy atom. The van der Waals surface area contributed by atoms with Gasteiger partial charge in [-0.1, -0.05) is 30.3 Å². The van der Waals surface area contributed by atoms with Gasteiger partial charge >= 0.3 is 0 Å². The summed E-state index contributed by atoms with van der Waals surface area (Å²) in [6.07, 6.45) is 5.71. The smallest absolute Gasteiger partial charge is 0.222 e. The van der Waals surface area contributed by atoms with Gasteiger partial charge in [-0.2, -0.15) is 0 Å². The molecule has 25 heavy (non-hydrogen) atoms. The van der Waals surface area contributed by atoms with Crippen molar-refractivity contribution in [1.29, 1.82) is 0 Å². The van der Waals surface area contributed by atoms with Crippen LogP contribution in [0, 0.1) is 0 Å². The molecule has 5 nitrogen and oxygen atoms in total. The molecule has 2 aliphatic heterocycles. The Bertz CT molecular complexity index is 523. The summed E-state index contributed by atoms with van der Waals surface area (Å²) in [6.45, 7) is 3.22. The second kappa shape index (κ2) is 9.32. The Kier molecular flexibility index (Phi) is 6.84. The molecular formula is C20H30N2O3. The lowest BCUT2D eigenvalue weighted by Gasteiger charge is -2.35. The van der Waals surface area contributed by atoms with E-state index in [-0.39, 0.29) is 11.9 Å². The van der Waals surface area contributed by atoms with Crippen LogP contribution in [0.1, 0.15) is 50.1 Å². The highest BCUT2D eigenvalue weighted by Crippen LogP contribution is 2.21. The molecule has 0 saturated carbocycles. The van der Waals surface area contributed by atoms with Crippen molar-refractivity contribution in [3.8, 4) is 0 Å². The minimum atomic E-state index is -0.0699. The van der Waals surface area contributed by atoms with Crippen LogP contribution in [0.15, 0.2) is 30.3 Å². The van der Waals surface area contributed by atoms with Crippen molar-refractivity contribution in [2.45, 2.75) is 56.8 Å². The van der Waals surface area contributed by atoms with Gasteiger partial charge in [0.25, 0.3) is 0 Å². The third-order valence-electron chi connectivity index (χ3n) is 5.24. The molecular weight excluding hydrogens is 316 g/mol. The monoisotopic (exact) mass is 346 g/mol. The first-order valence-electron chi connectivity index (χ1n) is 9.54. The number of rotatable bonds is 6. The number of piperidine rings is 1. The molecule has 0 radical (unpaired) electrons. The summed E-state index contributed by atoms with van der Waals surface area (Å²) in [5, 5.41) is 0. The molecule has 2 aliphatic rings. The summed E-state index contributed by atoms with van der Waals surface area (Å²) in [5.74, 6) is 0.218. The van der Waals surface area contributed by atoms with Crippen LogP contribution < -0.4 is 5.73 Å². The van der Waals surface area contributed by atoms with Crippen molar-refractivity contribution in [1.82, 2.24) is 4.90 Å². The fourth-order valence-electron chi connectivity index (χ4n) is 3.63. The van der Waals surface area contributed by atoms with Crippen molar-refractivity contribution in [3.63, 3.8) is 0 Å². The maximum atomic E-state index is 12.4. The number of benzene rings is 1. The van der Waals surface area contributed by atoms with E-state index in [1.54, 1.807) is 0 Å². The Morgan fingerprint density at radius 3 is 2.44 bits per heavy atom. The standard InChI is InChI=1S/C20H30N2O3/c21-19(16-4-2-1-3-5-16)6-7-20(23)22-12-8-17(9-13-22)25-18-10-14-24-15-11-18/h1-5,17-19H,6-15,21H2/t19-/m1/s1. The van der Waals surface area contributed by atoms with Gasteiger partial charge in [-0.15, -0.1) is 0 Å². The van der Waals surface area contributed by atoms with Crippen molar-refractivity contribution in [2.24, 2.45) is 5.73 Å². The quantitative estimate of drug-likeness (QED) is 0.860. The van der Waals surface area contributed by atoms with E-state index in [1.165, 1.54) is 0 Å². The number of ether oxygens (including phenoxy) is 2. The van der Waals surface area contributed by atoms with Crippen LogP contribution in [0.25, 0.3) is 0 Å². The zero-order valence-electron chi connectivity index (χ0n) is 14.9. The first-order valence-corrected chi connectivity index (χ1v) is 9.54. The molecule has 2 saturated heterocycles. The number of carbonyl (C=O) groups excluding carboxylic acids is 1. The Hall–Kier alpha value is -1.43. The Balaban J connectivity index is 1.36. The molecule has 0 spiro atoms. The molecule has 1 atom stereocenters. The number of hydrogen-bond donors (Lipinski definition) is 1. The summed E-state index contributed by atoms with van der Waals surface area (Å²) in [5.41, 5.74) is 7.29. The fourth-order valence-corrected chi connectivity index (χ4v) is 3.63. The largest absolute Gasteiger partial charge is 0.381 e. The number of carbonyl (C=O) groups is 1. The van der Waals surface area contributed by atoms with E-state index in [4.69, 9.17) is 15.2 Å². The van der Waals surface area contributed by atoms with Gasteiger partial charge in [0, 0.05) is 38.8 Å². The highest BCUT2D eigenvalue weighted by Gasteiger charge is 2.26. The van der Waals surface area contributed by atoms with Crippen molar-refractivity contribution >= 4 is 5.91 Å². The molecule has 0 aliphatic carbocycles. The molecule has 138 valence electrons. The SMILES string of the molecule is N[C@H](CCC(=O)N1CCC(OC2CCOCC2)CC1)c1ccccc1. The van der Waals surface area contributed by atoms with Crippen LogP contribution in [0.5, 0.6) is 0 Å². The summed E-state index contributed by atoms with van der Waals surface area (Å²) in [6, 6.07) is 9.93. The van der Waals surface area contributed by atoms with Crippen LogP contribution in [-0.2, 0) is 14.3 Å². The predicted molar refractivity (Wildman–Crippen MR) is 97.1 cm³/mol. The summed E-state index contributed by atoms with van der Waals surface area (Å²) in [4.78, 5) is 14.4. The number of nitrogens with two attached hydrogens (primary N) is 1. The first-order chi connectivity index (χ1) is 12.2. The number of nitrogens with zero attached hydrogens (tertiary/aromatic N) is 1. The van der Waals surface area contributed by atoms with Crippen LogP contribution >= 0.6 is 0 Å². The fraction of sp³-hybridized carbons (Fsp3) is 0.650. The highest BCUT2D eigenvalue weighted by atomic mass is 16.5. The van der Waals surface area contributed by atoms with Gasteiger partial charge in [-0.3, -0.25) is 4.79 Å². The van der Waals surface area contributed by atoms with E-state index in [0.29, 0.717) is 25.0 Å². The van der Waals surface area contributed by atoms with Gasteiger partial charge in [0.15, 0.2) is 0 Å². The predicted octanol–water partition coefficient (Wildman–Crippen LogP) is 2.65. The lowest BCUT2D eigenvalue weighted by atomic mass is 10.0. The van der Waals surface area contributed by atoms with Crippen molar-refractivity contribution < 1.29 is 14.3 Å². The average Bonchev–Trinajstić information content (AvgIpc) is 2.68. The van der Waals surface area contributed by atoms with E-state index in [0.717, 1.165) is 57.6 Å². The maximum Gasteiger partial charge on any atom is 0.222 e. The topological polar surface area (TPSA) is 64.8 Å². The van der Waals surface area contributed by atoms with Gasteiger partial charge in [-0.25, -0.2) is 0 Å². The van der Waals surface area contributed by atoms with E-state index in [9.17, 15) is 4.79 Å². The molecule has 2 N–H and O–H groups in total. The lowest BCUT2D eigenvalue weighted by Crippen LogP contribution is -2.42. The number of hydrogen-bond acceptors (Lipinski definition) is 4.